The van der Waals surface area contributed by atoms with Crippen LogP contribution >= 0.6 is 11.6 Å². The molecule has 3 N–H and O–H groups in total. The molecule has 0 spiro atoms. The Labute approximate surface area is 187 Å². The molecule has 0 aromatic heterocycles. The third-order valence-electron chi connectivity index (χ3n) is 4.47. The normalized spacial score (nSPS) is 10.9. The summed E-state index contributed by atoms with van der Waals surface area (Å²) in [6.45, 7) is 5.90. The molecule has 6 heteroatoms. The predicted molar refractivity (Wildman–Crippen MR) is 128 cm³/mol. The topological polar surface area (TPSA) is 44.3 Å². The van der Waals surface area contributed by atoms with Crippen molar-refractivity contribution in [1.82, 2.24) is 0 Å². The van der Waals surface area contributed by atoms with Gasteiger partial charge in [0.25, 0.3) is 0 Å². The first-order valence-corrected chi connectivity index (χ1v) is 10.5. The summed E-state index contributed by atoms with van der Waals surface area (Å²) in [7, 11) is 1.70. The van der Waals surface area contributed by atoms with Crippen molar-refractivity contribution in [1.29, 1.82) is 0 Å². The summed E-state index contributed by atoms with van der Waals surface area (Å²) >= 11 is 6.34. The van der Waals surface area contributed by atoms with Gasteiger partial charge in [0.2, 0.25) is 0 Å². The van der Waals surface area contributed by atoms with Crippen LogP contribution in [0.5, 0.6) is 5.75 Å². The minimum atomic E-state index is -0.624. The summed E-state index contributed by atoms with van der Waals surface area (Å²) in [6.07, 6.45) is 2.35. The Morgan fingerprint density at radius 1 is 1.03 bits per heavy atom. The molecular weight excluding hydrogens is 418 g/mol. The first-order valence-electron chi connectivity index (χ1n) is 10.2. The van der Waals surface area contributed by atoms with E-state index >= 15 is 0 Å². The summed E-state index contributed by atoms with van der Waals surface area (Å²) < 4.78 is 28.4. The number of allylic oxidation sites excluding steroid dienone is 1. The van der Waals surface area contributed by atoms with Crippen molar-refractivity contribution in [2.75, 3.05) is 17.7 Å². The molecule has 3 aromatic rings. The van der Waals surface area contributed by atoms with Gasteiger partial charge in [-0.15, -0.1) is 0 Å². The van der Waals surface area contributed by atoms with E-state index in [1.54, 1.807) is 37.4 Å². The fourth-order valence-corrected chi connectivity index (χ4v) is 3.32. The molecule has 0 amide bonds. The molecule has 0 aliphatic heterocycles. The number of aromatic hydroxyl groups is 1. The van der Waals surface area contributed by atoms with Crippen molar-refractivity contribution < 1.29 is 13.9 Å². The van der Waals surface area contributed by atoms with Crippen molar-refractivity contribution >= 4 is 28.7 Å². The Morgan fingerprint density at radius 2 is 1.65 bits per heavy atom. The maximum absolute atomic E-state index is 14.2. The lowest BCUT2D eigenvalue weighted by Crippen LogP contribution is -2.04. The van der Waals surface area contributed by atoms with Crippen molar-refractivity contribution in [3.8, 4) is 16.9 Å². The van der Waals surface area contributed by atoms with Gasteiger partial charge in [-0.1, -0.05) is 56.6 Å². The number of nitrogens with one attached hydrogen (secondary N) is 2. The van der Waals surface area contributed by atoms with Crippen LogP contribution in [0.15, 0.2) is 60.7 Å². The molecule has 3 aromatic carbocycles. The Hall–Kier alpha value is -3.05. The van der Waals surface area contributed by atoms with Crippen LogP contribution in [-0.2, 0) is 0 Å². The van der Waals surface area contributed by atoms with Gasteiger partial charge >= 0.3 is 0 Å². The lowest BCUT2D eigenvalue weighted by molar-refractivity contribution is 0.478. The molecule has 0 unspecified atom stereocenters. The number of phenols is 1. The van der Waals surface area contributed by atoms with Crippen LogP contribution in [0.4, 0.5) is 20.2 Å². The predicted octanol–water partition coefficient (Wildman–Crippen LogP) is 7.92. The summed E-state index contributed by atoms with van der Waals surface area (Å²) in [4.78, 5) is 0. The average Bonchev–Trinajstić information content (AvgIpc) is 2.77. The summed E-state index contributed by atoms with van der Waals surface area (Å²) in [5.41, 5.74) is 2.97. The Bertz CT molecular complexity index is 1030. The molecular formula is C25H27ClF2N2O. The zero-order valence-corrected chi connectivity index (χ0v) is 18.8. The number of halogens is 3. The Balaban J connectivity index is 0.00000166. The van der Waals surface area contributed by atoms with Gasteiger partial charge in [0, 0.05) is 24.0 Å². The molecule has 31 heavy (non-hydrogen) atoms. The number of rotatable bonds is 6. The second kappa shape index (κ2) is 11.4. The molecule has 0 saturated carbocycles. The molecule has 0 aliphatic carbocycles. The number of hydrogen-bond donors (Lipinski definition) is 3. The highest BCUT2D eigenvalue weighted by Crippen LogP contribution is 2.37. The maximum atomic E-state index is 14.2. The minimum absolute atomic E-state index is 0.0888. The van der Waals surface area contributed by atoms with Crippen molar-refractivity contribution in [2.24, 2.45) is 0 Å². The van der Waals surface area contributed by atoms with Crippen LogP contribution in [0.25, 0.3) is 16.8 Å². The van der Waals surface area contributed by atoms with Gasteiger partial charge in [0.05, 0.1) is 16.3 Å². The van der Waals surface area contributed by atoms with Gasteiger partial charge < -0.3 is 15.7 Å². The van der Waals surface area contributed by atoms with E-state index in [9.17, 15) is 13.9 Å². The van der Waals surface area contributed by atoms with Crippen LogP contribution in [0, 0.1) is 11.6 Å². The fourth-order valence-electron chi connectivity index (χ4n) is 3.05. The van der Waals surface area contributed by atoms with Crippen LogP contribution < -0.4 is 10.6 Å². The minimum Gasteiger partial charge on any atom is -0.506 e. The number of anilines is 2. The van der Waals surface area contributed by atoms with E-state index in [2.05, 4.69) is 10.6 Å². The summed E-state index contributed by atoms with van der Waals surface area (Å²) in [6, 6.07) is 14.3. The molecule has 0 heterocycles. The van der Waals surface area contributed by atoms with E-state index in [0.717, 1.165) is 5.56 Å². The zero-order valence-electron chi connectivity index (χ0n) is 18.1. The molecule has 0 atom stereocenters. The highest BCUT2D eigenvalue weighted by atomic mass is 35.5. The highest BCUT2D eigenvalue weighted by Gasteiger charge is 2.14. The van der Waals surface area contributed by atoms with Crippen LogP contribution in [-0.4, -0.2) is 12.2 Å². The van der Waals surface area contributed by atoms with Crippen LogP contribution in [0.1, 0.15) is 32.8 Å². The van der Waals surface area contributed by atoms with E-state index in [4.69, 9.17) is 11.6 Å². The lowest BCUT2D eigenvalue weighted by Gasteiger charge is -2.14. The molecule has 0 bridgehead atoms. The maximum Gasteiger partial charge on any atom is 0.139 e. The van der Waals surface area contributed by atoms with E-state index < -0.39 is 11.6 Å². The second-order valence-electron chi connectivity index (χ2n) is 6.42. The highest BCUT2D eigenvalue weighted by molar-refractivity contribution is 6.33. The van der Waals surface area contributed by atoms with Crippen molar-refractivity contribution in [2.45, 2.75) is 27.2 Å². The second-order valence-corrected chi connectivity index (χ2v) is 6.83. The standard InChI is InChI=1S/C23H21ClF2N2O.C2H6/c1-3-5-20(23-18(25)6-4-7-19(23)26)28-15-10-8-14(9-11-15)16-12-22(29)21(27-2)13-17(16)24;1-2/h4-13,27-29H,3H2,1-2H3;1-2H3/b20-5-;. The van der Waals surface area contributed by atoms with Crippen LogP contribution in [0.3, 0.4) is 0 Å². The van der Waals surface area contributed by atoms with Crippen molar-refractivity contribution in [3.05, 3.63) is 82.9 Å². The monoisotopic (exact) mass is 444 g/mol. The average molecular weight is 445 g/mol. The molecule has 0 saturated heterocycles. The van der Waals surface area contributed by atoms with E-state index in [-0.39, 0.29) is 11.3 Å². The van der Waals surface area contributed by atoms with Gasteiger partial charge in [-0.25, -0.2) is 8.78 Å². The molecule has 0 aliphatic rings. The third kappa shape index (κ3) is 5.76. The molecule has 0 fully saturated rings. The van der Waals surface area contributed by atoms with Gasteiger partial charge in [0.1, 0.15) is 17.4 Å². The molecule has 3 nitrogen and oxygen atoms in total. The van der Waals surface area contributed by atoms with Gasteiger partial charge in [-0.2, -0.15) is 0 Å². The first-order chi connectivity index (χ1) is 14.9. The molecule has 3 rings (SSSR count). The summed E-state index contributed by atoms with van der Waals surface area (Å²) in [5.74, 6) is -1.15. The molecule has 164 valence electrons. The zero-order chi connectivity index (χ0) is 23.0. The molecule has 0 radical (unpaired) electrons. The van der Waals surface area contributed by atoms with E-state index in [0.29, 0.717) is 34.1 Å². The quantitative estimate of drug-likeness (QED) is 0.338. The largest absolute Gasteiger partial charge is 0.506 e. The van der Waals surface area contributed by atoms with Gasteiger partial charge in [-0.05, 0) is 48.4 Å². The Morgan fingerprint density at radius 3 is 2.19 bits per heavy atom. The first kappa shape index (κ1) is 24.2. The third-order valence-corrected chi connectivity index (χ3v) is 4.78. The van der Waals surface area contributed by atoms with Gasteiger partial charge in [0.15, 0.2) is 0 Å². The van der Waals surface area contributed by atoms with E-state index in [1.165, 1.54) is 18.2 Å². The van der Waals surface area contributed by atoms with Gasteiger partial charge in [-0.3, -0.25) is 0 Å². The van der Waals surface area contributed by atoms with Crippen molar-refractivity contribution in [3.63, 3.8) is 0 Å². The number of hydrogen-bond acceptors (Lipinski definition) is 3. The number of phenolic OH excluding ortho intramolecular Hbond substituents is 1. The Kier molecular flexibility index (Phi) is 8.88. The van der Waals surface area contributed by atoms with E-state index in [1.807, 2.05) is 32.9 Å². The fraction of sp³-hybridized carbons (Fsp3) is 0.200. The van der Waals surface area contributed by atoms with Crippen LogP contribution in [0.2, 0.25) is 5.02 Å². The SMILES string of the molecule is CC.CC/C=C(\Nc1ccc(-c2cc(O)c(NC)cc2Cl)cc1)c1c(F)cccc1F. The summed E-state index contributed by atoms with van der Waals surface area (Å²) in [5, 5.41) is 16.5. The number of benzene rings is 3. The lowest BCUT2D eigenvalue weighted by atomic mass is 10.0. The smallest absolute Gasteiger partial charge is 0.139 e.